The Labute approximate surface area is 154 Å². The summed E-state index contributed by atoms with van der Waals surface area (Å²) < 4.78 is 25.6. The smallest absolute Gasteiger partial charge is 0.178 e. The fraction of sp³-hybridized carbons (Fsp3) is 0.136. The molecule has 3 aromatic carbocycles. The molecular formula is C22H20O3S. The van der Waals surface area contributed by atoms with Gasteiger partial charge in [-0.25, -0.2) is 8.42 Å². The van der Waals surface area contributed by atoms with E-state index in [1.54, 1.807) is 42.5 Å². The van der Waals surface area contributed by atoms with Crippen molar-refractivity contribution in [3.05, 3.63) is 102 Å². The summed E-state index contributed by atoms with van der Waals surface area (Å²) in [5.41, 5.74) is 1.46. The highest BCUT2D eigenvalue weighted by atomic mass is 32.2. The van der Waals surface area contributed by atoms with E-state index in [0.717, 1.165) is 5.56 Å². The highest BCUT2D eigenvalue weighted by molar-refractivity contribution is 7.91. The summed E-state index contributed by atoms with van der Waals surface area (Å²) in [7, 11) is -3.49. The average molecular weight is 364 g/mol. The van der Waals surface area contributed by atoms with Crippen LogP contribution in [-0.2, 0) is 9.84 Å². The van der Waals surface area contributed by atoms with E-state index >= 15 is 0 Å². The van der Waals surface area contributed by atoms with Crippen molar-refractivity contribution >= 4 is 15.6 Å². The molecule has 132 valence electrons. The van der Waals surface area contributed by atoms with Gasteiger partial charge in [0, 0.05) is 17.9 Å². The lowest BCUT2D eigenvalue weighted by atomic mass is 9.93. The fourth-order valence-electron chi connectivity index (χ4n) is 2.95. The summed E-state index contributed by atoms with van der Waals surface area (Å²) >= 11 is 0. The van der Waals surface area contributed by atoms with Gasteiger partial charge >= 0.3 is 0 Å². The molecule has 0 aliphatic rings. The molecule has 0 aliphatic heterocycles. The standard InChI is InChI=1S/C22H20O3S/c23-22(19-12-6-2-7-13-19)16-20(18-10-4-1-5-11-18)17-26(24,25)21-14-8-3-9-15-21/h1-15,20H,16-17H2. The maximum atomic E-state index is 12.8. The Morgan fingerprint density at radius 3 is 1.81 bits per heavy atom. The van der Waals surface area contributed by atoms with E-state index in [0.29, 0.717) is 5.56 Å². The third-order valence-electron chi connectivity index (χ3n) is 4.32. The Morgan fingerprint density at radius 2 is 1.23 bits per heavy atom. The summed E-state index contributed by atoms with van der Waals surface area (Å²) in [4.78, 5) is 12.9. The zero-order valence-electron chi connectivity index (χ0n) is 14.3. The average Bonchev–Trinajstić information content (AvgIpc) is 2.69. The minimum atomic E-state index is -3.49. The normalized spacial score (nSPS) is 12.5. The number of carbonyl (C=O) groups excluding carboxylic acids is 1. The first-order chi connectivity index (χ1) is 12.6. The van der Waals surface area contributed by atoms with Gasteiger partial charge in [0.05, 0.1) is 10.6 Å². The van der Waals surface area contributed by atoms with E-state index in [-0.39, 0.29) is 22.9 Å². The molecule has 4 heteroatoms. The molecule has 0 saturated carbocycles. The van der Waals surface area contributed by atoms with Crippen LogP contribution in [0.15, 0.2) is 95.9 Å². The van der Waals surface area contributed by atoms with Crippen LogP contribution < -0.4 is 0 Å². The van der Waals surface area contributed by atoms with Gasteiger partial charge in [-0.3, -0.25) is 4.79 Å². The third-order valence-corrected chi connectivity index (χ3v) is 6.15. The van der Waals surface area contributed by atoms with Gasteiger partial charge in [0.15, 0.2) is 15.6 Å². The Morgan fingerprint density at radius 1 is 0.731 bits per heavy atom. The second-order valence-electron chi connectivity index (χ2n) is 6.20. The van der Waals surface area contributed by atoms with Crippen molar-refractivity contribution in [1.82, 2.24) is 0 Å². The lowest BCUT2D eigenvalue weighted by Gasteiger charge is -2.17. The van der Waals surface area contributed by atoms with Crippen LogP contribution in [0.3, 0.4) is 0 Å². The number of benzene rings is 3. The summed E-state index contributed by atoms with van der Waals surface area (Å²) in [5, 5.41) is 0. The summed E-state index contributed by atoms with van der Waals surface area (Å²) in [5.74, 6) is -0.545. The molecule has 0 fully saturated rings. The van der Waals surface area contributed by atoms with Gasteiger partial charge < -0.3 is 0 Å². The third kappa shape index (κ3) is 4.46. The number of rotatable bonds is 7. The molecule has 0 bridgehead atoms. The van der Waals surface area contributed by atoms with Crippen LogP contribution >= 0.6 is 0 Å². The first-order valence-corrected chi connectivity index (χ1v) is 10.1. The molecular weight excluding hydrogens is 344 g/mol. The van der Waals surface area contributed by atoms with Crippen molar-refractivity contribution in [2.45, 2.75) is 17.2 Å². The van der Waals surface area contributed by atoms with Gasteiger partial charge in [-0.2, -0.15) is 0 Å². The van der Waals surface area contributed by atoms with Crippen LogP contribution in [0.25, 0.3) is 0 Å². The number of sulfone groups is 1. The SMILES string of the molecule is O=C(CC(CS(=O)(=O)c1ccccc1)c1ccccc1)c1ccccc1. The number of Topliss-reactive ketones (excluding diaryl/α,β-unsaturated/α-hetero) is 1. The van der Waals surface area contributed by atoms with Crippen molar-refractivity contribution in [3.63, 3.8) is 0 Å². The van der Waals surface area contributed by atoms with E-state index in [1.165, 1.54) is 0 Å². The number of ketones is 1. The van der Waals surface area contributed by atoms with Crippen molar-refractivity contribution in [3.8, 4) is 0 Å². The second-order valence-corrected chi connectivity index (χ2v) is 8.23. The van der Waals surface area contributed by atoms with Crippen molar-refractivity contribution < 1.29 is 13.2 Å². The van der Waals surface area contributed by atoms with Crippen LogP contribution in [-0.4, -0.2) is 20.0 Å². The molecule has 0 heterocycles. The highest BCUT2D eigenvalue weighted by Gasteiger charge is 2.25. The molecule has 0 spiro atoms. The quantitative estimate of drug-likeness (QED) is 0.579. The van der Waals surface area contributed by atoms with E-state index in [9.17, 15) is 13.2 Å². The number of carbonyl (C=O) groups is 1. The Balaban J connectivity index is 1.88. The van der Waals surface area contributed by atoms with Gasteiger partial charge in [-0.1, -0.05) is 78.9 Å². The van der Waals surface area contributed by atoms with Gasteiger partial charge in [0.2, 0.25) is 0 Å². The fourth-order valence-corrected chi connectivity index (χ4v) is 4.56. The molecule has 1 unspecified atom stereocenters. The topological polar surface area (TPSA) is 51.2 Å². The van der Waals surface area contributed by atoms with E-state index in [2.05, 4.69) is 0 Å². The van der Waals surface area contributed by atoms with Crippen molar-refractivity contribution in [1.29, 1.82) is 0 Å². The van der Waals surface area contributed by atoms with Crippen LogP contribution in [0.5, 0.6) is 0 Å². The summed E-state index contributed by atoms with van der Waals surface area (Å²) in [6.07, 6.45) is 0.153. The predicted octanol–water partition coefficient (Wildman–Crippen LogP) is 4.52. The monoisotopic (exact) mass is 364 g/mol. The molecule has 0 N–H and O–H groups in total. The molecule has 0 radical (unpaired) electrons. The lowest BCUT2D eigenvalue weighted by Crippen LogP contribution is -2.18. The molecule has 3 nitrogen and oxygen atoms in total. The Hall–Kier alpha value is -2.72. The van der Waals surface area contributed by atoms with Gasteiger partial charge in [0.25, 0.3) is 0 Å². The van der Waals surface area contributed by atoms with Crippen LogP contribution in [0.1, 0.15) is 28.3 Å². The first-order valence-electron chi connectivity index (χ1n) is 8.47. The molecule has 0 amide bonds. The van der Waals surface area contributed by atoms with E-state index in [1.807, 2.05) is 48.5 Å². The largest absolute Gasteiger partial charge is 0.294 e. The number of hydrogen-bond acceptors (Lipinski definition) is 3. The lowest BCUT2D eigenvalue weighted by molar-refractivity contribution is 0.0976. The minimum Gasteiger partial charge on any atom is -0.294 e. The molecule has 26 heavy (non-hydrogen) atoms. The van der Waals surface area contributed by atoms with Gasteiger partial charge in [-0.05, 0) is 17.7 Å². The van der Waals surface area contributed by atoms with Crippen LogP contribution in [0.4, 0.5) is 0 Å². The highest BCUT2D eigenvalue weighted by Crippen LogP contribution is 2.26. The van der Waals surface area contributed by atoms with Gasteiger partial charge in [-0.15, -0.1) is 0 Å². The Bertz CT molecular complexity index is 950. The zero-order chi connectivity index (χ0) is 18.4. The molecule has 0 aromatic heterocycles. The molecule has 1 atom stereocenters. The first kappa shape index (κ1) is 18.1. The molecule has 3 aromatic rings. The van der Waals surface area contributed by atoms with E-state index < -0.39 is 15.8 Å². The molecule has 3 rings (SSSR count). The summed E-state index contributed by atoms with van der Waals surface area (Å²) in [6, 6.07) is 26.8. The van der Waals surface area contributed by atoms with Crippen molar-refractivity contribution in [2.24, 2.45) is 0 Å². The zero-order valence-corrected chi connectivity index (χ0v) is 15.1. The predicted molar refractivity (Wildman–Crippen MR) is 103 cm³/mol. The summed E-state index contributed by atoms with van der Waals surface area (Å²) in [6.45, 7) is 0. The van der Waals surface area contributed by atoms with Crippen LogP contribution in [0.2, 0.25) is 0 Å². The van der Waals surface area contributed by atoms with Crippen molar-refractivity contribution in [2.75, 3.05) is 5.75 Å². The van der Waals surface area contributed by atoms with E-state index in [4.69, 9.17) is 0 Å². The Kier molecular flexibility index (Phi) is 5.64. The minimum absolute atomic E-state index is 0.0530. The number of hydrogen-bond donors (Lipinski definition) is 0. The molecule has 0 saturated heterocycles. The van der Waals surface area contributed by atoms with Gasteiger partial charge in [0.1, 0.15) is 0 Å². The maximum absolute atomic E-state index is 12.8. The second kappa shape index (κ2) is 8.11. The molecule has 0 aliphatic carbocycles. The van der Waals surface area contributed by atoms with Crippen LogP contribution in [0, 0.1) is 0 Å². The maximum Gasteiger partial charge on any atom is 0.178 e.